The van der Waals surface area contributed by atoms with Crippen molar-refractivity contribution >= 4 is 15.9 Å². The van der Waals surface area contributed by atoms with Crippen LogP contribution in [-0.4, -0.2) is 11.7 Å². The molecule has 0 heterocycles. The molecule has 0 unspecified atom stereocenters. The Morgan fingerprint density at radius 3 is 2.75 bits per heavy atom. The van der Waals surface area contributed by atoms with Gasteiger partial charge in [-0.25, -0.2) is 4.39 Å². The molecule has 0 saturated heterocycles. The van der Waals surface area contributed by atoms with Crippen LogP contribution in [0.2, 0.25) is 0 Å². The fourth-order valence-corrected chi connectivity index (χ4v) is 1.55. The quantitative estimate of drug-likeness (QED) is 0.831. The Bertz CT molecular complexity index is 286. The van der Waals surface area contributed by atoms with Gasteiger partial charge in [-0.05, 0) is 36.6 Å². The van der Waals surface area contributed by atoms with E-state index in [0.717, 1.165) is 15.6 Å². The summed E-state index contributed by atoms with van der Waals surface area (Å²) in [6, 6.07) is 2.88. The highest BCUT2D eigenvalue weighted by atomic mass is 79.9. The maximum Gasteiger partial charge on any atom is 0.124 e. The highest BCUT2D eigenvalue weighted by molar-refractivity contribution is 9.10. The molecule has 0 fully saturated rings. The van der Waals surface area contributed by atoms with Gasteiger partial charge in [-0.15, -0.1) is 0 Å². The number of halogens is 2. The Balaban J connectivity index is 3.09. The average molecular weight is 233 g/mol. The van der Waals surface area contributed by atoms with E-state index in [1.807, 2.05) is 6.92 Å². The lowest BCUT2D eigenvalue weighted by Gasteiger charge is -2.05. The predicted octanol–water partition coefficient (Wildman–Crippen LogP) is 2.43. The molecule has 0 bridgehead atoms. The largest absolute Gasteiger partial charge is 0.396 e. The molecule has 0 amide bonds. The van der Waals surface area contributed by atoms with Gasteiger partial charge in [0.2, 0.25) is 0 Å². The molecule has 3 heteroatoms. The van der Waals surface area contributed by atoms with E-state index in [1.165, 1.54) is 12.1 Å². The molecule has 12 heavy (non-hydrogen) atoms. The predicted molar refractivity (Wildman–Crippen MR) is 49.6 cm³/mol. The van der Waals surface area contributed by atoms with Crippen molar-refractivity contribution in [3.05, 3.63) is 33.5 Å². The van der Waals surface area contributed by atoms with Crippen LogP contribution in [0.3, 0.4) is 0 Å². The number of hydrogen-bond donors (Lipinski definition) is 1. The Kier molecular flexibility index (Phi) is 3.23. The molecule has 0 spiro atoms. The zero-order chi connectivity index (χ0) is 9.14. The van der Waals surface area contributed by atoms with E-state index < -0.39 is 0 Å². The van der Waals surface area contributed by atoms with Gasteiger partial charge in [-0.1, -0.05) is 15.9 Å². The summed E-state index contributed by atoms with van der Waals surface area (Å²) < 4.78 is 13.6. The third-order valence-electron chi connectivity index (χ3n) is 1.80. The van der Waals surface area contributed by atoms with Gasteiger partial charge in [0.25, 0.3) is 0 Å². The van der Waals surface area contributed by atoms with E-state index in [1.54, 1.807) is 0 Å². The van der Waals surface area contributed by atoms with Crippen molar-refractivity contribution < 1.29 is 9.50 Å². The summed E-state index contributed by atoms with van der Waals surface area (Å²) >= 11 is 3.25. The number of aliphatic hydroxyl groups is 1. The number of rotatable bonds is 2. The smallest absolute Gasteiger partial charge is 0.124 e. The first-order valence-corrected chi connectivity index (χ1v) is 4.50. The first kappa shape index (κ1) is 9.68. The fourth-order valence-electron chi connectivity index (χ4n) is 1.08. The van der Waals surface area contributed by atoms with Crippen LogP contribution in [-0.2, 0) is 6.42 Å². The van der Waals surface area contributed by atoms with Crippen LogP contribution >= 0.6 is 15.9 Å². The molecule has 1 aromatic carbocycles. The third-order valence-corrected chi connectivity index (χ3v) is 2.62. The Morgan fingerprint density at radius 2 is 2.17 bits per heavy atom. The first-order chi connectivity index (χ1) is 5.65. The fraction of sp³-hybridized carbons (Fsp3) is 0.333. The summed E-state index contributed by atoms with van der Waals surface area (Å²) in [5.74, 6) is -0.268. The van der Waals surface area contributed by atoms with Gasteiger partial charge in [0.1, 0.15) is 5.82 Å². The lowest BCUT2D eigenvalue weighted by Crippen LogP contribution is -1.96. The third kappa shape index (κ3) is 2.05. The molecule has 0 aliphatic rings. The van der Waals surface area contributed by atoms with Gasteiger partial charge in [-0.2, -0.15) is 0 Å². The Labute approximate surface area is 79.4 Å². The summed E-state index contributed by atoms with van der Waals surface area (Å²) in [7, 11) is 0. The molecule has 66 valence electrons. The van der Waals surface area contributed by atoms with Crippen LogP contribution < -0.4 is 0 Å². The molecule has 1 aromatic rings. The average Bonchev–Trinajstić information content (AvgIpc) is 2.00. The molecule has 0 radical (unpaired) electrons. The first-order valence-electron chi connectivity index (χ1n) is 3.70. The van der Waals surface area contributed by atoms with Crippen LogP contribution in [0.1, 0.15) is 11.1 Å². The lowest BCUT2D eigenvalue weighted by atomic mass is 10.1. The Morgan fingerprint density at radius 1 is 1.50 bits per heavy atom. The molecule has 1 nitrogen and oxygen atoms in total. The number of benzene rings is 1. The van der Waals surface area contributed by atoms with Crippen LogP contribution in [0.25, 0.3) is 0 Å². The second-order valence-corrected chi connectivity index (χ2v) is 3.50. The molecule has 0 aliphatic carbocycles. The zero-order valence-corrected chi connectivity index (χ0v) is 8.36. The van der Waals surface area contributed by atoms with E-state index in [4.69, 9.17) is 5.11 Å². The van der Waals surface area contributed by atoms with Crippen LogP contribution in [0.4, 0.5) is 4.39 Å². The SMILES string of the molecule is Cc1c(Br)cc(F)cc1CCO. The second kappa shape index (κ2) is 4.01. The van der Waals surface area contributed by atoms with Crippen LogP contribution in [0, 0.1) is 12.7 Å². The minimum Gasteiger partial charge on any atom is -0.396 e. The van der Waals surface area contributed by atoms with Crippen molar-refractivity contribution in [1.82, 2.24) is 0 Å². The van der Waals surface area contributed by atoms with E-state index in [2.05, 4.69) is 15.9 Å². The number of aliphatic hydroxyl groups excluding tert-OH is 1. The monoisotopic (exact) mass is 232 g/mol. The van der Waals surface area contributed by atoms with E-state index in [-0.39, 0.29) is 12.4 Å². The van der Waals surface area contributed by atoms with Crippen molar-refractivity contribution in [3.8, 4) is 0 Å². The highest BCUT2D eigenvalue weighted by Gasteiger charge is 2.04. The molecule has 0 atom stereocenters. The van der Waals surface area contributed by atoms with Crippen LogP contribution in [0.5, 0.6) is 0 Å². The molecule has 0 aromatic heterocycles. The highest BCUT2D eigenvalue weighted by Crippen LogP contribution is 2.21. The van der Waals surface area contributed by atoms with Crippen molar-refractivity contribution in [3.63, 3.8) is 0 Å². The summed E-state index contributed by atoms with van der Waals surface area (Å²) in [5.41, 5.74) is 1.84. The van der Waals surface area contributed by atoms with Gasteiger partial charge in [0.05, 0.1) is 0 Å². The van der Waals surface area contributed by atoms with Gasteiger partial charge in [0.15, 0.2) is 0 Å². The maximum absolute atomic E-state index is 12.8. The lowest BCUT2D eigenvalue weighted by molar-refractivity contribution is 0.299. The second-order valence-electron chi connectivity index (χ2n) is 2.65. The van der Waals surface area contributed by atoms with E-state index in [0.29, 0.717) is 6.42 Å². The summed E-state index contributed by atoms with van der Waals surface area (Å²) in [6.07, 6.45) is 0.502. The minimum atomic E-state index is -0.268. The summed E-state index contributed by atoms with van der Waals surface area (Å²) in [6.45, 7) is 1.95. The minimum absolute atomic E-state index is 0.0523. The normalized spacial score (nSPS) is 10.3. The number of hydrogen-bond acceptors (Lipinski definition) is 1. The maximum atomic E-state index is 12.8. The Hall–Kier alpha value is -0.410. The van der Waals surface area contributed by atoms with Crippen molar-refractivity contribution in [2.24, 2.45) is 0 Å². The molecule has 1 N–H and O–H groups in total. The van der Waals surface area contributed by atoms with Crippen molar-refractivity contribution in [1.29, 1.82) is 0 Å². The molecule has 0 aliphatic heterocycles. The molecule has 0 saturated carbocycles. The van der Waals surface area contributed by atoms with E-state index in [9.17, 15) is 4.39 Å². The topological polar surface area (TPSA) is 20.2 Å². The van der Waals surface area contributed by atoms with Gasteiger partial charge in [-0.3, -0.25) is 0 Å². The molecule has 1 rings (SSSR count). The summed E-state index contributed by atoms with van der Waals surface area (Å²) in [4.78, 5) is 0. The standard InChI is InChI=1S/C9H10BrFO/c1-6-7(2-3-12)4-8(11)5-9(6)10/h4-5,12H,2-3H2,1H3. The molecular formula is C9H10BrFO. The van der Waals surface area contributed by atoms with Gasteiger partial charge in [0, 0.05) is 11.1 Å². The summed E-state index contributed by atoms with van der Waals surface area (Å²) in [5, 5.41) is 8.69. The van der Waals surface area contributed by atoms with Crippen molar-refractivity contribution in [2.75, 3.05) is 6.61 Å². The molecular weight excluding hydrogens is 223 g/mol. The van der Waals surface area contributed by atoms with E-state index >= 15 is 0 Å². The van der Waals surface area contributed by atoms with Crippen molar-refractivity contribution in [2.45, 2.75) is 13.3 Å². The van der Waals surface area contributed by atoms with Gasteiger partial charge < -0.3 is 5.11 Å². The van der Waals surface area contributed by atoms with Gasteiger partial charge >= 0.3 is 0 Å². The van der Waals surface area contributed by atoms with Crippen LogP contribution in [0.15, 0.2) is 16.6 Å². The zero-order valence-electron chi connectivity index (χ0n) is 6.77.